The summed E-state index contributed by atoms with van der Waals surface area (Å²) in [7, 11) is 0. The number of aromatic nitrogens is 1. The molecule has 0 saturated carbocycles. The minimum atomic E-state index is -0.580. The molecular formula is C17H20N2O5. The van der Waals surface area contributed by atoms with Crippen LogP contribution in [0, 0.1) is 13.8 Å². The first kappa shape index (κ1) is 17.5. The predicted molar refractivity (Wildman–Crippen MR) is 85.7 cm³/mol. The Hall–Kier alpha value is -2.83. The van der Waals surface area contributed by atoms with Crippen LogP contribution >= 0.6 is 0 Å². The van der Waals surface area contributed by atoms with Crippen molar-refractivity contribution in [2.24, 2.45) is 0 Å². The molecule has 2 aromatic rings. The molecule has 0 aliphatic rings. The highest BCUT2D eigenvalue weighted by Gasteiger charge is 2.12. The molecule has 0 unspecified atom stereocenters. The van der Waals surface area contributed by atoms with E-state index in [2.05, 4.69) is 10.5 Å². The third kappa shape index (κ3) is 4.58. The number of rotatable bonds is 7. The van der Waals surface area contributed by atoms with Gasteiger partial charge in [-0.3, -0.25) is 4.79 Å². The van der Waals surface area contributed by atoms with Gasteiger partial charge < -0.3 is 19.3 Å². The fourth-order valence-electron chi connectivity index (χ4n) is 2.04. The molecule has 0 saturated heterocycles. The second kappa shape index (κ2) is 8.14. The zero-order valence-corrected chi connectivity index (χ0v) is 13.9. The first-order valence-electron chi connectivity index (χ1n) is 7.59. The van der Waals surface area contributed by atoms with Gasteiger partial charge in [-0.15, -0.1) is 0 Å². The quantitative estimate of drug-likeness (QED) is 0.781. The Labute approximate surface area is 139 Å². The molecule has 0 aliphatic carbocycles. The molecule has 1 aromatic heterocycles. The van der Waals surface area contributed by atoms with Crippen molar-refractivity contribution in [3.8, 4) is 5.75 Å². The summed E-state index contributed by atoms with van der Waals surface area (Å²) < 4.78 is 15.7. The van der Waals surface area contributed by atoms with Gasteiger partial charge in [0.25, 0.3) is 5.91 Å². The number of aryl methyl sites for hydroxylation is 2. The van der Waals surface area contributed by atoms with Gasteiger partial charge in [-0.2, -0.15) is 0 Å². The summed E-state index contributed by atoms with van der Waals surface area (Å²) in [4.78, 5) is 23.3. The van der Waals surface area contributed by atoms with Gasteiger partial charge in [0.05, 0.1) is 16.8 Å². The number of benzene rings is 1. The SMILES string of the molecule is CCNC(=O)COC(=O)c1cccc(OCc2c(C)noc2C)c1. The number of nitrogens with one attached hydrogen (secondary N) is 1. The maximum absolute atomic E-state index is 12.0. The van der Waals surface area contributed by atoms with Crippen molar-refractivity contribution in [3.63, 3.8) is 0 Å². The van der Waals surface area contributed by atoms with Crippen LogP contribution in [-0.2, 0) is 16.1 Å². The second-order valence-electron chi connectivity index (χ2n) is 5.15. The van der Waals surface area contributed by atoms with E-state index in [9.17, 15) is 9.59 Å². The zero-order valence-electron chi connectivity index (χ0n) is 13.9. The molecule has 2 rings (SSSR count). The summed E-state index contributed by atoms with van der Waals surface area (Å²) in [6.07, 6.45) is 0. The minimum Gasteiger partial charge on any atom is -0.489 e. The van der Waals surface area contributed by atoms with Gasteiger partial charge >= 0.3 is 5.97 Å². The van der Waals surface area contributed by atoms with E-state index in [0.717, 1.165) is 11.3 Å². The third-order valence-electron chi connectivity index (χ3n) is 3.34. The third-order valence-corrected chi connectivity index (χ3v) is 3.34. The fraction of sp³-hybridized carbons (Fsp3) is 0.353. The highest BCUT2D eigenvalue weighted by molar-refractivity contribution is 5.91. The van der Waals surface area contributed by atoms with Gasteiger partial charge in [-0.25, -0.2) is 4.79 Å². The van der Waals surface area contributed by atoms with Crippen LogP contribution in [0.4, 0.5) is 0 Å². The molecule has 1 amide bonds. The summed E-state index contributed by atoms with van der Waals surface area (Å²) in [6.45, 7) is 5.91. The van der Waals surface area contributed by atoms with Crippen molar-refractivity contribution >= 4 is 11.9 Å². The maximum Gasteiger partial charge on any atom is 0.338 e. The lowest BCUT2D eigenvalue weighted by atomic mass is 10.2. The standard InChI is InChI=1S/C17H20N2O5/c1-4-18-16(20)10-23-17(21)13-6-5-7-14(8-13)22-9-15-11(2)19-24-12(15)3/h5-8H,4,9-10H2,1-3H3,(H,18,20). The van der Waals surface area contributed by atoms with Crippen molar-refractivity contribution in [1.29, 1.82) is 0 Å². The van der Waals surface area contributed by atoms with Crippen LogP contribution in [0.5, 0.6) is 5.75 Å². The predicted octanol–water partition coefficient (Wildman–Crippen LogP) is 2.16. The van der Waals surface area contributed by atoms with E-state index in [4.69, 9.17) is 14.0 Å². The minimum absolute atomic E-state index is 0.290. The average molecular weight is 332 g/mol. The molecule has 1 N–H and O–H groups in total. The summed E-state index contributed by atoms with van der Waals surface area (Å²) in [5, 5.41) is 6.42. The Kier molecular flexibility index (Phi) is 5.95. The van der Waals surface area contributed by atoms with Gasteiger partial charge in [0.15, 0.2) is 6.61 Å². The van der Waals surface area contributed by atoms with E-state index in [1.54, 1.807) is 31.2 Å². The maximum atomic E-state index is 12.0. The van der Waals surface area contributed by atoms with Gasteiger partial charge in [0, 0.05) is 6.54 Å². The molecular weight excluding hydrogens is 312 g/mol. The highest BCUT2D eigenvalue weighted by Crippen LogP contribution is 2.18. The van der Waals surface area contributed by atoms with E-state index in [1.807, 2.05) is 13.8 Å². The normalized spacial score (nSPS) is 10.3. The topological polar surface area (TPSA) is 90.7 Å². The Bertz CT molecular complexity index is 704. The Balaban J connectivity index is 1.95. The van der Waals surface area contributed by atoms with Gasteiger partial charge in [0.2, 0.25) is 0 Å². The number of hydrogen-bond donors (Lipinski definition) is 1. The Morgan fingerprint density at radius 3 is 2.75 bits per heavy atom. The molecule has 1 aromatic carbocycles. The lowest BCUT2D eigenvalue weighted by Crippen LogP contribution is -2.28. The van der Waals surface area contributed by atoms with E-state index in [-0.39, 0.29) is 12.5 Å². The number of amides is 1. The van der Waals surface area contributed by atoms with Crippen LogP contribution in [0.25, 0.3) is 0 Å². The van der Waals surface area contributed by atoms with Crippen LogP contribution in [0.1, 0.15) is 34.3 Å². The van der Waals surface area contributed by atoms with Crippen LogP contribution < -0.4 is 10.1 Å². The average Bonchev–Trinajstić information content (AvgIpc) is 2.89. The number of esters is 1. The molecule has 7 heteroatoms. The van der Waals surface area contributed by atoms with Crippen molar-refractivity contribution in [3.05, 3.63) is 46.8 Å². The summed E-state index contributed by atoms with van der Waals surface area (Å²) >= 11 is 0. The number of ether oxygens (including phenoxy) is 2. The molecule has 0 atom stereocenters. The molecule has 1 heterocycles. The lowest BCUT2D eigenvalue weighted by Gasteiger charge is -2.08. The largest absolute Gasteiger partial charge is 0.489 e. The van der Waals surface area contributed by atoms with E-state index >= 15 is 0 Å². The molecule has 0 bridgehead atoms. The van der Waals surface area contributed by atoms with Crippen LogP contribution in [0.2, 0.25) is 0 Å². The molecule has 0 aliphatic heterocycles. The van der Waals surface area contributed by atoms with Crippen molar-refractivity contribution in [1.82, 2.24) is 10.5 Å². The van der Waals surface area contributed by atoms with E-state index < -0.39 is 5.97 Å². The van der Waals surface area contributed by atoms with E-state index in [1.165, 1.54) is 0 Å². The van der Waals surface area contributed by atoms with E-state index in [0.29, 0.717) is 30.2 Å². The van der Waals surface area contributed by atoms with Crippen molar-refractivity contribution in [2.45, 2.75) is 27.4 Å². The number of carbonyl (C=O) groups is 2. The Morgan fingerprint density at radius 1 is 1.29 bits per heavy atom. The number of carbonyl (C=O) groups excluding carboxylic acids is 2. The molecule has 24 heavy (non-hydrogen) atoms. The Morgan fingerprint density at radius 2 is 2.08 bits per heavy atom. The molecule has 0 radical (unpaired) electrons. The molecule has 7 nitrogen and oxygen atoms in total. The smallest absolute Gasteiger partial charge is 0.338 e. The molecule has 128 valence electrons. The lowest BCUT2D eigenvalue weighted by molar-refractivity contribution is -0.124. The first-order valence-corrected chi connectivity index (χ1v) is 7.59. The van der Waals surface area contributed by atoms with Gasteiger partial charge in [-0.05, 0) is 39.0 Å². The summed E-state index contributed by atoms with van der Waals surface area (Å²) in [5.74, 6) is 0.299. The number of likely N-dealkylation sites (N-methyl/N-ethyl adjacent to an activating group) is 1. The molecule has 0 fully saturated rings. The fourth-order valence-corrected chi connectivity index (χ4v) is 2.04. The molecule has 0 spiro atoms. The van der Waals surface area contributed by atoms with Crippen molar-refractivity contribution < 1.29 is 23.6 Å². The number of nitrogens with zero attached hydrogens (tertiary/aromatic N) is 1. The summed E-state index contributed by atoms with van der Waals surface area (Å²) in [6, 6.07) is 6.59. The highest BCUT2D eigenvalue weighted by atomic mass is 16.5. The van der Waals surface area contributed by atoms with Gasteiger partial charge in [0.1, 0.15) is 18.1 Å². The van der Waals surface area contributed by atoms with Crippen LogP contribution in [0.15, 0.2) is 28.8 Å². The van der Waals surface area contributed by atoms with Gasteiger partial charge in [-0.1, -0.05) is 11.2 Å². The number of hydrogen-bond acceptors (Lipinski definition) is 6. The first-order chi connectivity index (χ1) is 11.5. The van der Waals surface area contributed by atoms with Crippen LogP contribution in [0.3, 0.4) is 0 Å². The monoisotopic (exact) mass is 332 g/mol. The summed E-state index contributed by atoms with van der Waals surface area (Å²) in [5.41, 5.74) is 1.96. The van der Waals surface area contributed by atoms with Crippen molar-refractivity contribution in [2.75, 3.05) is 13.2 Å². The zero-order chi connectivity index (χ0) is 17.5. The van der Waals surface area contributed by atoms with Crippen LogP contribution in [-0.4, -0.2) is 30.2 Å². The second-order valence-corrected chi connectivity index (χ2v) is 5.15.